The Bertz CT molecular complexity index is 1420. The van der Waals surface area contributed by atoms with Crippen molar-refractivity contribution in [2.24, 2.45) is 5.41 Å². The summed E-state index contributed by atoms with van der Waals surface area (Å²) in [6.45, 7) is 9.62. The van der Waals surface area contributed by atoms with Crippen LogP contribution >= 0.6 is 33.9 Å². The van der Waals surface area contributed by atoms with Crippen LogP contribution in [0.1, 0.15) is 57.8 Å². The molecular weight excluding hydrogens is 679 g/mol. The molecule has 43 heavy (non-hydrogen) atoms. The fourth-order valence-corrected chi connectivity index (χ4v) is 6.21. The highest BCUT2D eigenvalue weighted by molar-refractivity contribution is 14.1. The summed E-state index contributed by atoms with van der Waals surface area (Å²) in [6.07, 6.45) is -0.643. The van der Waals surface area contributed by atoms with E-state index in [9.17, 15) is 19.5 Å². The van der Waals surface area contributed by atoms with Gasteiger partial charge in [0.15, 0.2) is 0 Å². The topological polar surface area (TPSA) is 121 Å². The number of aliphatic hydroxyl groups is 1. The Morgan fingerprint density at radius 3 is 2.40 bits per heavy atom. The van der Waals surface area contributed by atoms with Crippen molar-refractivity contribution >= 4 is 51.6 Å². The van der Waals surface area contributed by atoms with Gasteiger partial charge < -0.3 is 25.4 Å². The summed E-state index contributed by atoms with van der Waals surface area (Å²) < 4.78 is 6.76. The molecule has 0 bridgehead atoms. The van der Waals surface area contributed by atoms with E-state index >= 15 is 0 Å². The minimum atomic E-state index is -0.890. The number of halogens is 1. The predicted molar refractivity (Wildman–Crippen MR) is 176 cm³/mol. The standard InChI is InChI=1S/C32H39IN4O5S/c1-19(21-6-8-22(9-7-21)28-20(2)34-18-43-28)35-30(40)26-16-24(38)17-37(26)31(41)29(32(3,4)5)36-27(39)14-15-42-25-12-10-23(33)11-13-25/h6-13,18-19,24,26,29,38H,14-17H2,1-5H3,(H,35,40)(H,36,39)/t19-,24+,26-,29+/m0/s1. The maximum atomic E-state index is 13.8. The van der Waals surface area contributed by atoms with Crippen molar-refractivity contribution in [3.63, 3.8) is 0 Å². The molecule has 9 nitrogen and oxygen atoms in total. The van der Waals surface area contributed by atoms with Crippen molar-refractivity contribution in [3.05, 3.63) is 68.9 Å². The summed E-state index contributed by atoms with van der Waals surface area (Å²) >= 11 is 3.79. The average molecular weight is 719 g/mol. The van der Waals surface area contributed by atoms with Gasteiger partial charge in [0, 0.05) is 16.5 Å². The lowest BCUT2D eigenvalue weighted by molar-refractivity contribution is -0.144. The van der Waals surface area contributed by atoms with Gasteiger partial charge in [-0.1, -0.05) is 45.0 Å². The largest absolute Gasteiger partial charge is 0.493 e. The van der Waals surface area contributed by atoms with E-state index in [0.717, 1.165) is 25.3 Å². The average Bonchev–Trinajstić information content (AvgIpc) is 3.57. The van der Waals surface area contributed by atoms with E-state index in [1.54, 1.807) is 11.3 Å². The first-order valence-electron chi connectivity index (χ1n) is 14.3. The van der Waals surface area contributed by atoms with Gasteiger partial charge >= 0.3 is 0 Å². The van der Waals surface area contributed by atoms with Gasteiger partial charge in [-0.05, 0) is 77.2 Å². The van der Waals surface area contributed by atoms with E-state index in [-0.39, 0.29) is 43.8 Å². The lowest BCUT2D eigenvalue weighted by Gasteiger charge is -2.35. The number of nitrogens with one attached hydrogen (secondary N) is 2. The summed E-state index contributed by atoms with van der Waals surface area (Å²) in [7, 11) is 0. The quantitative estimate of drug-likeness (QED) is 0.258. The third-order valence-corrected chi connectivity index (χ3v) is 9.17. The molecule has 0 saturated carbocycles. The highest BCUT2D eigenvalue weighted by Crippen LogP contribution is 2.29. The summed E-state index contributed by atoms with van der Waals surface area (Å²) in [6, 6.07) is 13.4. The smallest absolute Gasteiger partial charge is 0.246 e. The van der Waals surface area contributed by atoms with Crippen LogP contribution < -0.4 is 15.4 Å². The summed E-state index contributed by atoms with van der Waals surface area (Å²) in [4.78, 5) is 47.0. The minimum Gasteiger partial charge on any atom is -0.493 e. The second kappa shape index (κ2) is 14.2. The first-order valence-corrected chi connectivity index (χ1v) is 16.3. The summed E-state index contributed by atoms with van der Waals surface area (Å²) in [5.41, 5.74) is 4.14. The maximum Gasteiger partial charge on any atom is 0.246 e. The third-order valence-electron chi connectivity index (χ3n) is 7.47. The molecule has 3 amide bonds. The Hall–Kier alpha value is -3.03. The van der Waals surface area contributed by atoms with Crippen molar-refractivity contribution in [1.82, 2.24) is 20.5 Å². The van der Waals surface area contributed by atoms with E-state index < -0.39 is 29.5 Å². The molecule has 2 heterocycles. The lowest BCUT2D eigenvalue weighted by atomic mass is 9.85. The zero-order chi connectivity index (χ0) is 31.3. The van der Waals surface area contributed by atoms with Crippen LogP contribution in [0, 0.1) is 15.9 Å². The van der Waals surface area contributed by atoms with Crippen LogP contribution in [0.5, 0.6) is 5.75 Å². The Kier molecular flexibility index (Phi) is 10.8. The third kappa shape index (κ3) is 8.54. The lowest BCUT2D eigenvalue weighted by Crippen LogP contribution is -2.58. The summed E-state index contributed by atoms with van der Waals surface area (Å²) in [5, 5.41) is 16.4. The fourth-order valence-electron chi connectivity index (χ4n) is 5.04. The molecule has 1 saturated heterocycles. The number of carbonyl (C=O) groups is 3. The number of rotatable bonds is 10. The van der Waals surface area contributed by atoms with Crippen LogP contribution in [0.4, 0.5) is 0 Å². The molecule has 0 spiro atoms. The molecule has 4 rings (SSSR count). The van der Waals surface area contributed by atoms with Gasteiger partial charge in [-0.15, -0.1) is 11.3 Å². The number of hydrogen-bond acceptors (Lipinski definition) is 7. The van der Waals surface area contributed by atoms with Crippen LogP contribution in [0.15, 0.2) is 54.0 Å². The molecular formula is C32H39IN4O5S. The number of amides is 3. The molecule has 1 fully saturated rings. The number of nitrogens with zero attached hydrogens (tertiary/aromatic N) is 2. The van der Waals surface area contributed by atoms with Crippen LogP contribution in [0.25, 0.3) is 10.4 Å². The van der Waals surface area contributed by atoms with E-state index in [2.05, 4.69) is 38.2 Å². The normalized spacial score (nSPS) is 18.2. The van der Waals surface area contributed by atoms with Gasteiger partial charge in [-0.3, -0.25) is 14.4 Å². The molecule has 2 aromatic carbocycles. The maximum absolute atomic E-state index is 13.8. The number of hydrogen-bond donors (Lipinski definition) is 3. The van der Waals surface area contributed by atoms with E-state index in [0.29, 0.717) is 5.75 Å². The van der Waals surface area contributed by atoms with Gasteiger partial charge in [-0.25, -0.2) is 4.98 Å². The molecule has 1 aromatic heterocycles. The van der Waals surface area contributed by atoms with E-state index in [1.807, 2.05) is 88.7 Å². The zero-order valence-electron chi connectivity index (χ0n) is 25.1. The first-order chi connectivity index (χ1) is 20.3. The number of β-amino-alcohol motifs (C(OH)–C–C–N with tert-alkyl or cyclic N) is 1. The predicted octanol–water partition coefficient (Wildman–Crippen LogP) is 4.86. The van der Waals surface area contributed by atoms with E-state index in [1.165, 1.54) is 4.90 Å². The Morgan fingerprint density at radius 1 is 1.12 bits per heavy atom. The van der Waals surface area contributed by atoms with Gasteiger partial charge in [0.2, 0.25) is 17.7 Å². The van der Waals surface area contributed by atoms with Gasteiger partial charge in [0.1, 0.15) is 17.8 Å². The second-order valence-corrected chi connectivity index (χ2v) is 14.0. The van der Waals surface area contributed by atoms with Gasteiger partial charge in [-0.2, -0.15) is 0 Å². The number of benzene rings is 2. The second-order valence-electron chi connectivity index (χ2n) is 11.9. The molecule has 4 atom stereocenters. The molecule has 1 aliphatic heterocycles. The number of aliphatic hydroxyl groups excluding tert-OH is 1. The SMILES string of the molecule is Cc1ncsc1-c1ccc([C@H](C)NC(=O)[C@@H]2C[C@@H](O)CN2C(=O)[C@@H](NC(=O)CCOc2ccc(I)cc2)C(C)(C)C)cc1. The zero-order valence-corrected chi connectivity index (χ0v) is 28.1. The number of aryl methyl sites for hydroxylation is 1. The van der Waals surface area contributed by atoms with Crippen LogP contribution in [-0.2, 0) is 14.4 Å². The first kappa shape index (κ1) is 32.9. The van der Waals surface area contributed by atoms with Crippen molar-refractivity contribution < 1.29 is 24.2 Å². The molecule has 3 N–H and O–H groups in total. The van der Waals surface area contributed by atoms with Crippen molar-refractivity contribution in [3.8, 4) is 16.2 Å². The summed E-state index contributed by atoms with van der Waals surface area (Å²) in [5.74, 6) is -0.403. The Balaban J connectivity index is 1.38. The van der Waals surface area contributed by atoms with Crippen LogP contribution in [-0.4, -0.2) is 64.1 Å². The molecule has 11 heteroatoms. The molecule has 0 aliphatic carbocycles. The number of likely N-dealkylation sites (tertiary alicyclic amines) is 1. The molecule has 3 aromatic rings. The van der Waals surface area contributed by atoms with Gasteiger partial charge in [0.05, 0.1) is 41.3 Å². The highest BCUT2D eigenvalue weighted by Gasteiger charge is 2.44. The molecule has 1 aliphatic rings. The number of thiazole rings is 1. The Labute approximate surface area is 270 Å². The van der Waals surface area contributed by atoms with Crippen LogP contribution in [0.2, 0.25) is 0 Å². The van der Waals surface area contributed by atoms with Crippen LogP contribution in [0.3, 0.4) is 0 Å². The highest BCUT2D eigenvalue weighted by atomic mass is 127. The van der Waals surface area contributed by atoms with Crippen molar-refractivity contribution in [1.29, 1.82) is 0 Å². The number of aromatic nitrogens is 1. The number of carbonyl (C=O) groups excluding carboxylic acids is 3. The minimum absolute atomic E-state index is 0.0204. The molecule has 0 radical (unpaired) electrons. The number of ether oxygens (including phenoxy) is 1. The van der Waals surface area contributed by atoms with Crippen molar-refractivity contribution in [2.45, 2.75) is 71.7 Å². The van der Waals surface area contributed by atoms with Crippen molar-refractivity contribution in [2.75, 3.05) is 13.2 Å². The monoisotopic (exact) mass is 718 g/mol. The molecule has 230 valence electrons. The van der Waals surface area contributed by atoms with E-state index in [4.69, 9.17) is 4.74 Å². The molecule has 0 unspecified atom stereocenters. The van der Waals surface area contributed by atoms with Gasteiger partial charge in [0.25, 0.3) is 0 Å². The fraction of sp³-hybridized carbons (Fsp3) is 0.438. The Morgan fingerprint density at radius 2 is 1.79 bits per heavy atom.